The molecule has 1 aliphatic heterocycles. The van der Waals surface area contributed by atoms with E-state index in [4.69, 9.17) is 10.3 Å². The van der Waals surface area contributed by atoms with E-state index >= 15 is 0 Å². The quantitative estimate of drug-likeness (QED) is 0.485. The van der Waals surface area contributed by atoms with Crippen LogP contribution in [-0.2, 0) is 6.54 Å². The predicted octanol–water partition coefficient (Wildman–Crippen LogP) is 1.51. The monoisotopic (exact) mass is 251 g/mol. The Bertz CT molecular complexity index is 403. The minimum absolute atomic E-state index is 0.274. The molecule has 1 amide bonds. The molecule has 0 bridgehead atoms. The van der Waals surface area contributed by atoms with Gasteiger partial charge < -0.3 is 4.42 Å². The molecule has 1 unspecified atom stereocenters. The van der Waals surface area contributed by atoms with Gasteiger partial charge in [-0.3, -0.25) is 15.1 Å². The zero-order valence-corrected chi connectivity index (χ0v) is 10.8. The highest BCUT2D eigenvalue weighted by Gasteiger charge is 2.16. The van der Waals surface area contributed by atoms with Crippen molar-refractivity contribution >= 4 is 5.91 Å². The standard InChI is InChI=1S/C13H21N3O2/c1-10-3-2-7-16(8-6-10)9-11-4-5-12(18-11)13(17)15-14/h4-5,10H,2-3,6-9,14H2,1H3,(H,15,17). The van der Waals surface area contributed by atoms with Crippen molar-refractivity contribution in [1.29, 1.82) is 0 Å². The molecule has 0 radical (unpaired) electrons. The molecule has 1 aromatic heterocycles. The average molecular weight is 251 g/mol. The van der Waals surface area contributed by atoms with Crippen LogP contribution in [0.25, 0.3) is 0 Å². The van der Waals surface area contributed by atoms with E-state index in [1.807, 2.05) is 6.07 Å². The highest BCUT2D eigenvalue weighted by Crippen LogP contribution is 2.19. The molecular formula is C13H21N3O2. The Balaban J connectivity index is 1.92. The lowest BCUT2D eigenvalue weighted by Crippen LogP contribution is -2.29. The number of nitrogens with one attached hydrogen (secondary N) is 1. The zero-order valence-electron chi connectivity index (χ0n) is 10.8. The van der Waals surface area contributed by atoms with E-state index in [1.165, 1.54) is 19.3 Å². The number of hydrogen-bond acceptors (Lipinski definition) is 4. The number of nitrogens with zero attached hydrogens (tertiary/aromatic N) is 1. The molecule has 2 heterocycles. The summed E-state index contributed by atoms with van der Waals surface area (Å²) >= 11 is 0. The number of rotatable bonds is 3. The highest BCUT2D eigenvalue weighted by atomic mass is 16.4. The zero-order chi connectivity index (χ0) is 13.0. The first-order chi connectivity index (χ1) is 8.69. The van der Waals surface area contributed by atoms with Crippen molar-refractivity contribution in [2.75, 3.05) is 13.1 Å². The van der Waals surface area contributed by atoms with Gasteiger partial charge in [-0.15, -0.1) is 0 Å². The van der Waals surface area contributed by atoms with Gasteiger partial charge in [0.2, 0.25) is 0 Å². The van der Waals surface area contributed by atoms with Gasteiger partial charge in [0.15, 0.2) is 5.76 Å². The van der Waals surface area contributed by atoms with E-state index in [0.29, 0.717) is 0 Å². The molecule has 5 nitrogen and oxygen atoms in total. The summed E-state index contributed by atoms with van der Waals surface area (Å²) in [6.45, 7) is 5.27. The third kappa shape index (κ3) is 3.34. The molecule has 100 valence electrons. The second kappa shape index (κ2) is 6.02. The molecule has 3 N–H and O–H groups in total. The predicted molar refractivity (Wildman–Crippen MR) is 68.7 cm³/mol. The van der Waals surface area contributed by atoms with Crippen molar-refractivity contribution in [3.8, 4) is 0 Å². The van der Waals surface area contributed by atoms with Gasteiger partial charge in [-0.1, -0.05) is 6.92 Å². The highest BCUT2D eigenvalue weighted by molar-refractivity contribution is 5.90. The first-order valence-corrected chi connectivity index (χ1v) is 6.51. The average Bonchev–Trinajstić information content (AvgIpc) is 2.73. The molecule has 0 saturated carbocycles. The van der Waals surface area contributed by atoms with Crippen molar-refractivity contribution in [3.63, 3.8) is 0 Å². The summed E-state index contributed by atoms with van der Waals surface area (Å²) in [5.74, 6) is 6.59. The van der Waals surface area contributed by atoms with Crippen LogP contribution in [-0.4, -0.2) is 23.9 Å². The van der Waals surface area contributed by atoms with Crippen LogP contribution < -0.4 is 11.3 Å². The fourth-order valence-electron chi connectivity index (χ4n) is 2.36. The van der Waals surface area contributed by atoms with E-state index in [9.17, 15) is 4.79 Å². The molecule has 0 aromatic carbocycles. The summed E-state index contributed by atoms with van der Waals surface area (Å²) in [5.41, 5.74) is 2.07. The number of nitrogen functional groups attached to an aromatic ring is 1. The number of nitrogens with two attached hydrogens (primary N) is 1. The summed E-state index contributed by atoms with van der Waals surface area (Å²) in [6.07, 6.45) is 3.77. The van der Waals surface area contributed by atoms with Crippen LogP contribution in [0.2, 0.25) is 0 Å². The molecule has 0 aliphatic carbocycles. The Hall–Kier alpha value is -1.33. The molecule has 1 atom stereocenters. The largest absolute Gasteiger partial charge is 0.455 e. The van der Waals surface area contributed by atoms with Crippen LogP contribution in [0, 0.1) is 5.92 Å². The molecule has 1 aliphatic rings. The minimum Gasteiger partial charge on any atom is -0.455 e. The van der Waals surface area contributed by atoms with E-state index in [0.717, 1.165) is 31.3 Å². The second-order valence-electron chi connectivity index (χ2n) is 5.05. The molecular weight excluding hydrogens is 230 g/mol. The van der Waals surface area contributed by atoms with Crippen molar-refractivity contribution < 1.29 is 9.21 Å². The molecule has 5 heteroatoms. The van der Waals surface area contributed by atoms with E-state index in [1.54, 1.807) is 6.07 Å². The van der Waals surface area contributed by atoms with Crippen molar-refractivity contribution in [3.05, 3.63) is 23.7 Å². The van der Waals surface area contributed by atoms with Crippen molar-refractivity contribution in [2.24, 2.45) is 11.8 Å². The molecule has 0 spiro atoms. The van der Waals surface area contributed by atoms with E-state index in [-0.39, 0.29) is 11.7 Å². The van der Waals surface area contributed by atoms with Crippen LogP contribution in [0.15, 0.2) is 16.5 Å². The van der Waals surface area contributed by atoms with Gasteiger partial charge >= 0.3 is 5.91 Å². The SMILES string of the molecule is CC1CCCN(Cc2ccc(C(=O)NN)o2)CC1. The molecule has 2 rings (SSSR count). The van der Waals surface area contributed by atoms with Gasteiger partial charge in [-0.05, 0) is 50.4 Å². The summed E-state index contributed by atoms with van der Waals surface area (Å²) in [7, 11) is 0. The van der Waals surface area contributed by atoms with Gasteiger partial charge in [0.05, 0.1) is 6.54 Å². The Morgan fingerprint density at radius 2 is 2.33 bits per heavy atom. The fourth-order valence-corrected chi connectivity index (χ4v) is 2.36. The Morgan fingerprint density at radius 3 is 3.11 bits per heavy atom. The lowest BCUT2D eigenvalue weighted by atomic mass is 10.0. The smallest absolute Gasteiger partial charge is 0.300 e. The van der Waals surface area contributed by atoms with Crippen molar-refractivity contribution in [1.82, 2.24) is 10.3 Å². The van der Waals surface area contributed by atoms with Gasteiger partial charge in [-0.25, -0.2) is 5.84 Å². The first kappa shape index (κ1) is 13.1. The maximum atomic E-state index is 11.3. The normalized spacial score (nSPS) is 21.6. The maximum absolute atomic E-state index is 11.3. The third-order valence-corrected chi connectivity index (χ3v) is 3.51. The Kier molecular flexibility index (Phi) is 4.38. The van der Waals surface area contributed by atoms with Crippen LogP contribution in [0.4, 0.5) is 0 Å². The summed E-state index contributed by atoms with van der Waals surface area (Å²) in [6, 6.07) is 3.51. The van der Waals surface area contributed by atoms with Crippen LogP contribution in [0.5, 0.6) is 0 Å². The van der Waals surface area contributed by atoms with Gasteiger partial charge in [0.25, 0.3) is 0 Å². The Morgan fingerprint density at radius 1 is 1.50 bits per heavy atom. The number of carbonyl (C=O) groups excluding carboxylic acids is 1. The molecule has 18 heavy (non-hydrogen) atoms. The van der Waals surface area contributed by atoms with Crippen LogP contribution in [0.1, 0.15) is 42.5 Å². The topological polar surface area (TPSA) is 71.5 Å². The third-order valence-electron chi connectivity index (χ3n) is 3.51. The first-order valence-electron chi connectivity index (χ1n) is 6.51. The number of carbonyl (C=O) groups is 1. The summed E-state index contributed by atoms with van der Waals surface area (Å²) < 4.78 is 5.47. The van der Waals surface area contributed by atoms with Gasteiger partial charge in [-0.2, -0.15) is 0 Å². The van der Waals surface area contributed by atoms with Gasteiger partial charge in [0.1, 0.15) is 5.76 Å². The van der Waals surface area contributed by atoms with Gasteiger partial charge in [0, 0.05) is 0 Å². The number of hydrazine groups is 1. The minimum atomic E-state index is -0.384. The second-order valence-corrected chi connectivity index (χ2v) is 5.05. The van der Waals surface area contributed by atoms with E-state index < -0.39 is 0 Å². The van der Waals surface area contributed by atoms with E-state index in [2.05, 4.69) is 17.2 Å². The summed E-state index contributed by atoms with van der Waals surface area (Å²) in [4.78, 5) is 13.7. The summed E-state index contributed by atoms with van der Waals surface area (Å²) in [5, 5.41) is 0. The number of hydrogen-bond donors (Lipinski definition) is 2. The number of furan rings is 1. The molecule has 1 fully saturated rings. The lowest BCUT2D eigenvalue weighted by Gasteiger charge is -2.18. The number of likely N-dealkylation sites (tertiary alicyclic amines) is 1. The fraction of sp³-hybridized carbons (Fsp3) is 0.615. The maximum Gasteiger partial charge on any atom is 0.300 e. The molecule has 1 saturated heterocycles. The Labute approximate surface area is 107 Å². The van der Waals surface area contributed by atoms with Crippen LogP contribution >= 0.6 is 0 Å². The number of amides is 1. The molecule has 1 aromatic rings. The van der Waals surface area contributed by atoms with Crippen molar-refractivity contribution in [2.45, 2.75) is 32.7 Å². The van der Waals surface area contributed by atoms with Crippen LogP contribution in [0.3, 0.4) is 0 Å². The lowest BCUT2D eigenvalue weighted by molar-refractivity contribution is 0.0922.